The van der Waals surface area contributed by atoms with E-state index >= 15 is 0 Å². The van der Waals surface area contributed by atoms with Gasteiger partial charge in [0.05, 0.1) is 0 Å². The summed E-state index contributed by atoms with van der Waals surface area (Å²) in [4.78, 5) is 11.2. The smallest absolute Gasteiger partial charge is 0.306 e. The van der Waals surface area contributed by atoms with Gasteiger partial charge in [0.15, 0.2) is 0 Å². The van der Waals surface area contributed by atoms with E-state index in [0.29, 0.717) is 13.0 Å². The Labute approximate surface area is 91.3 Å². The third-order valence-corrected chi connectivity index (χ3v) is 2.12. The highest BCUT2D eigenvalue weighted by Crippen LogP contribution is 2.04. The molecule has 0 saturated carbocycles. The lowest BCUT2D eigenvalue weighted by Crippen LogP contribution is -2.04. The molecule has 1 aromatic carbocycles. The van der Waals surface area contributed by atoms with Crippen LogP contribution in [0.5, 0.6) is 0 Å². The zero-order valence-corrected chi connectivity index (χ0v) is 8.95. The molecule has 0 bridgehead atoms. The number of ether oxygens (including phenoxy) is 1. The van der Waals surface area contributed by atoms with E-state index in [1.807, 2.05) is 30.3 Å². The zero-order chi connectivity index (χ0) is 10.9. The van der Waals surface area contributed by atoms with Crippen LogP contribution in [0.25, 0.3) is 0 Å². The normalized spacial score (nSPS) is 9.93. The number of benzene rings is 1. The Bertz CT molecular complexity index is 280. The van der Waals surface area contributed by atoms with Crippen LogP contribution >= 0.6 is 0 Å². The molecule has 0 amide bonds. The number of esters is 1. The molecule has 0 spiro atoms. The molecule has 0 unspecified atom stereocenters. The summed E-state index contributed by atoms with van der Waals surface area (Å²) in [6, 6.07) is 9.71. The van der Waals surface area contributed by atoms with Gasteiger partial charge in [-0.2, -0.15) is 0 Å². The van der Waals surface area contributed by atoms with Crippen molar-refractivity contribution in [1.29, 1.82) is 0 Å². The minimum absolute atomic E-state index is 0.118. The van der Waals surface area contributed by atoms with Gasteiger partial charge in [-0.15, -0.1) is 0 Å². The fourth-order valence-electron chi connectivity index (χ4n) is 1.26. The molecule has 0 atom stereocenters. The number of unbranched alkanes of at least 4 members (excludes halogenated alkanes) is 2. The van der Waals surface area contributed by atoms with E-state index in [2.05, 4.69) is 6.92 Å². The second-order valence-electron chi connectivity index (χ2n) is 3.46. The highest BCUT2D eigenvalue weighted by atomic mass is 16.5. The van der Waals surface area contributed by atoms with Crippen molar-refractivity contribution in [1.82, 2.24) is 0 Å². The zero-order valence-electron chi connectivity index (χ0n) is 8.95. The molecule has 81 valence electrons. The Morgan fingerprint density at radius 1 is 1.20 bits per heavy atom. The van der Waals surface area contributed by atoms with E-state index < -0.39 is 0 Å². The predicted molar refractivity (Wildman–Crippen MR) is 60.1 cm³/mol. The molecule has 2 heteroatoms. The van der Waals surface area contributed by atoms with Crippen molar-refractivity contribution in [2.45, 2.75) is 32.3 Å². The molecule has 1 aromatic rings. The van der Waals surface area contributed by atoms with Crippen molar-refractivity contribution in [3.8, 4) is 0 Å². The van der Waals surface area contributed by atoms with Crippen LogP contribution in [0.15, 0.2) is 30.3 Å². The van der Waals surface area contributed by atoms with Crippen molar-refractivity contribution < 1.29 is 9.53 Å². The lowest BCUT2D eigenvalue weighted by Gasteiger charge is -2.04. The minimum Gasteiger partial charge on any atom is -0.461 e. The standard InChI is InChI=1S/C13H17O2/c1-2-3-5-10-13(14)15-11-12-8-6-4-7-9-12/h4,6-9H,1-3,5,10-11H2. The van der Waals surface area contributed by atoms with Crippen LogP contribution in [0.4, 0.5) is 0 Å². The van der Waals surface area contributed by atoms with Crippen LogP contribution in [-0.2, 0) is 16.1 Å². The third kappa shape index (κ3) is 5.21. The van der Waals surface area contributed by atoms with E-state index in [9.17, 15) is 4.79 Å². The summed E-state index contributed by atoms with van der Waals surface area (Å²) in [5, 5.41) is 0. The van der Waals surface area contributed by atoms with E-state index in [4.69, 9.17) is 4.74 Å². The van der Waals surface area contributed by atoms with E-state index in [-0.39, 0.29) is 5.97 Å². The number of rotatable bonds is 6. The molecule has 0 aromatic heterocycles. The maximum absolute atomic E-state index is 11.2. The summed E-state index contributed by atoms with van der Waals surface area (Å²) in [7, 11) is 0. The van der Waals surface area contributed by atoms with Gasteiger partial charge >= 0.3 is 5.97 Å². The second kappa shape index (κ2) is 7.04. The maximum Gasteiger partial charge on any atom is 0.306 e. The summed E-state index contributed by atoms with van der Waals surface area (Å²) < 4.78 is 5.12. The number of carbonyl (C=O) groups excluding carboxylic acids is 1. The average Bonchev–Trinajstić information content (AvgIpc) is 2.28. The maximum atomic E-state index is 11.2. The summed E-state index contributed by atoms with van der Waals surface area (Å²) in [6.45, 7) is 4.10. The van der Waals surface area contributed by atoms with Crippen LogP contribution in [0.1, 0.15) is 31.2 Å². The Morgan fingerprint density at radius 3 is 2.60 bits per heavy atom. The van der Waals surface area contributed by atoms with E-state index in [1.54, 1.807) is 0 Å². The van der Waals surface area contributed by atoms with Crippen LogP contribution in [0.2, 0.25) is 0 Å². The topological polar surface area (TPSA) is 26.3 Å². The molecule has 0 saturated heterocycles. The molecular formula is C13H17O2. The van der Waals surface area contributed by atoms with Gasteiger partial charge in [0, 0.05) is 6.42 Å². The summed E-state index contributed by atoms with van der Waals surface area (Å²) in [6.07, 6.45) is 3.24. The van der Waals surface area contributed by atoms with Crippen molar-refractivity contribution in [2.75, 3.05) is 0 Å². The highest BCUT2D eigenvalue weighted by Gasteiger charge is 2.02. The van der Waals surface area contributed by atoms with Gasteiger partial charge in [0.25, 0.3) is 0 Å². The van der Waals surface area contributed by atoms with Gasteiger partial charge in [0.2, 0.25) is 0 Å². The Hall–Kier alpha value is -1.31. The van der Waals surface area contributed by atoms with E-state index in [1.165, 1.54) is 0 Å². The highest BCUT2D eigenvalue weighted by molar-refractivity contribution is 5.69. The summed E-state index contributed by atoms with van der Waals surface area (Å²) in [5.41, 5.74) is 1.03. The van der Waals surface area contributed by atoms with Crippen molar-refractivity contribution in [2.24, 2.45) is 0 Å². The van der Waals surface area contributed by atoms with Crippen molar-refractivity contribution in [3.63, 3.8) is 0 Å². The van der Waals surface area contributed by atoms with E-state index in [0.717, 1.165) is 24.8 Å². The fourth-order valence-corrected chi connectivity index (χ4v) is 1.26. The summed E-state index contributed by atoms with van der Waals surface area (Å²) >= 11 is 0. The first kappa shape index (κ1) is 11.8. The van der Waals surface area contributed by atoms with Gasteiger partial charge in [0.1, 0.15) is 6.61 Å². The minimum atomic E-state index is -0.118. The molecule has 2 nitrogen and oxygen atoms in total. The van der Waals surface area contributed by atoms with Crippen LogP contribution < -0.4 is 0 Å². The molecule has 15 heavy (non-hydrogen) atoms. The van der Waals surface area contributed by atoms with Crippen LogP contribution in [0.3, 0.4) is 0 Å². The van der Waals surface area contributed by atoms with Gasteiger partial charge in [-0.05, 0) is 12.0 Å². The lowest BCUT2D eigenvalue weighted by molar-refractivity contribution is -0.145. The lowest BCUT2D eigenvalue weighted by atomic mass is 10.2. The first-order chi connectivity index (χ1) is 7.33. The predicted octanol–water partition coefficient (Wildman–Crippen LogP) is 3.12. The Kier molecular flexibility index (Phi) is 5.52. The first-order valence-corrected chi connectivity index (χ1v) is 5.31. The SMILES string of the molecule is [CH2]CCCCC(=O)OCc1ccccc1. The number of carbonyl (C=O) groups is 1. The largest absolute Gasteiger partial charge is 0.461 e. The monoisotopic (exact) mass is 205 g/mol. The van der Waals surface area contributed by atoms with Gasteiger partial charge in [-0.3, -0.25) is 4.79 Å². The fraction of sp³-hybridized carbons (Fsp3) is 0.385. The number of hydrogen-bond donors (Lipinski definition) is 0. The molecule has 0 aliphatic rings. The average molecular weight is 205 g/mol. The van der Waals surface area contributed by atoms with Gasteiger partial charge in [-0.25, -0.2) is 0 Å². The Balaban J connectivity index is 2.17. The quantitative estimate of drug-likeness (QED) is 0.527. The van der Waals surface area contributed by atoms with Crippen LogP contribution in [0, 0.1) is 6.92 Å². The Morgan fingerprint density at radius 2 is 1.93 bits per heavy atom. The number of hydrogen-bond acceptors (Lipinski definition) is 2. The third-order valence-electron chi connectivity index (χ3n) is 2.12. The molecule has 0 aliphatic carbocycles. The van der Waals surface area contributed by atoms with Crippen molar-refractivity contribution in [3.05, 3.63) is 42.8 Å². The van der Waals surface area contributed by atoms with Gasteiger partial charge < -0.3 is 4.74 Å². The van der Waals surface area contributed by atoms with Crippen molar-refractivity contribution >= 4 is 5.97 Å². The molecule has 1 rings (SSSR count). The second-order valence-corrected chi connectivity index (χ2v) is 3.46. The molecule has 0 N–H and O–H groups in total. The van der Waals surface area contributed by atoms with Gasteiger partial charge in [-0.1, -0.05) is 50.1 Å². The first-order valence-electron chi connectivity index (χ1n) is 5.31. The van der Waals surface area contributed by atoms with Crippen LogP contribution in [-0.4, -0.2) is 5.97 Å². The summed E-state index contributed by atoms with van der Waals surface area (Å²) in [5.74, 6) is -0.118. The molecule has 1 radical (unpaired) electrons. The molecule has 0 heterocycles. The molecular weight excluding hydrogens is 188 g/mol. The molecule has 0 aliphatic heterocycles. The molecule has 0 fully saturated rings.